The van der Waals surface area contributed by atoms with Gasteiger partial charge in [-0.2, -0.15) is 0 Å². The molecule has 1 aliphatic carbocycles. The molecule has 2 aromatic carbocycles. The Hall–Kier alpha value is -3.54. The lowest BCUT2D eigenvalue weighted by Gasteiger charge is -2.38. The van der Waals surface area contributed by atoms with Crippen LogP contribution in [-0.4, -0.2) is 18.0 Å². The molecule has 2 heterocycles. The molecule has 5 rings (SSSR count). The van der Waals surface area contributed by atoms with Gasteiger partial charge in [-0.25, -0.2) is 4.79 Å². The van der Waals surface area contributed by atoms with E-state index in [0.29, 0.717) is 52.2 Å². The van der Waals surface area contributed by atoms with E-state index in [1.165, 1.54) is 0 Å². The van der Waals surface area contributed by atoms with Crippen molar-refractivity contribution in [1.82, 2.24) is 0 Å². The molecular formula is C25H22O6. The fraction of sp³-hybridized carbons (Fsp3) is 0.280. The van der Waals surface area contributed by atoms with E-state index in [-0.39, 0.29) is 22.5 Å². The van der Waals surface area contributed by atoms with Crippen LogP contribution in [0.25, 0.3) is 11.0 Å². The summed E-state index contributed by atoms with van der Waals surface area (Å²) in [4.78, 5) is 26.3. The number of hydrogen-bond acceptors (Lipinski definition) is 6. The number of rotatable bonds is 2. The fourth-order valence-electron chi connectivity index (χ4n) is 4.65. The number of carbonyl (C=O) groups is 1. The number of Topliss-reactive ketones (excluding diaryl/α,β-unsaturated/α-hetero) is 1. The Labute approximate surface area is 178 Å². The Kier molecular flexibility index (Phi) is 4.22. The quantitative estimate of drug-likeness (QED) is 0.609. The molecule has 0 bridgehead atoms. The van der Waals surface area contributed by atoms with Crippen molar-refractivity contribution in [2.24, 2.45) is 5.41 Å². The number of aromatic hydroxyl groups is 1. The minimum atomic E-state index is -0.783. The van der Waals surface area contributed by atoms with Crippen LogP contribution < -0.4 is 15.1 Å². The summed E-state index contributed by atoms with van der Waals surface area (Å²) < 4.78 is 17.0. The Morgan fingerprint density at radius 2 is 1.87 bits per heavy atom. The zero-order valence-electron chi connectivity index (χ0n) is 17.5. The molecule has 6 nitrogen and oxygen atoms in total. The predicted molar refractivity (Wildman–Crippen MR) is 115 cm³/mol. The molecule has 1 aliphatic heterocycles. The molecule has 6 heteroatoms. The lowest BCUT2D eigenvalue weighted by Crippen LogP contribution is -2.34. The van der Waals surface area contributed by atoms with Crippen LogP contribution in [0, 0.1) is 5.41 Å². The molecule has 0 fully saturated rings. The number of ether oxygens (including phenoxy) is 2. The van der Waals surface area contributed by atoms with Gasteiger partial charge in [-0.15, -0.1) is 0 Å². The van der Waals surface area contributed by atoms with Crippen molar-refractivity contribution in [1.29, 1.82) is 0 Å². The maximum atomic E-state index is 13.3. The third kappa shape index (κ3) is 3.02. The van der Waals surface area contributed by atoms with Gasteiger partial charge >= 0.3 is 5.63 Å². The Morgan fingerprint density at radius 3 is 2.65 bits per heavy atom. The number of ketones is 1. The van der Waals surface area contributed by atoms with Gasteiger partial charge in [0.15, 0.2) is 5.78 Å². The highest BCUT2D eigenvalue weighted by atomic mass is 16.5. The van der Waals surface area contributed by atoms with Crippen LogP contribution in [0.4, 0.5) is 0 Å². The molecule has 2 aliphatic rings. The Bertz CT molecular complexity index is 1330. The van der Waals surface area contributed by atoms with Crippen molar-refractivity contribution in [2.75, 3.05) is 7.11 Å². The summed E-state index contributed by atoms with van der Waals surface area (Å²) >= 11 is 0. The predicted octanol–water partition coefficient (Wildman–Crippen LogP) is 4.67. The van der Waals surface area contributed by atoms with Gasteiger partial charge in [0, 0.05) is 30.0 Å². The summed E-state index contributed by atoms with van der Waals surface area (Å²) in [5.74, 6) is 0.570. The first-order chi connectivity index (χ1) is 14.8. The van der Waals surface area contributed by atoms with E-state index in [1.54, 1.807) is 49.6 Å². The third-order valence-electron chi connectivity index (χ3n) is 6.04. The molecule has 1 unspecified atom stereocenters. The van der Waals surface area contributed by atoms with Crippen LogP contribution in [-0.2, 0) is 4.79 Å². The minimum Gasteiger partial charge on any atom is -0.507 e. The van der Waals surface area contributed by atoms with Crippen molar-refractivity contribution in [3.05, 3.63) is 75.3 Å². The second-order valence-electron chi connectivity index (χ2n) is 8.86. The van der Waals surface area contributed by atoms with E-state index >= 15 is 0 Å². The number of benzene rings is 2. The zero-order valence-corrected chi connectivity index (χ0v) is 17.5. The van der Waals surface area contributed by atoms with Crippen molar-refractivity contribution < 1.29 is 23.8 Å². The molecular weight excluding hydrogens is 396 g/mol. The summed E-state index contributed by atoms with van der Waals surface area (Å²) in [5.41, 5.74) is 0.428. The monoisotopic (exact) mass is 418 g/mol. The van der Waals surface area contributed by atoms with E-state index in [1.807, 2.05) is 13.8 Å². The molecule has 1 atom stereocenters. The van der Waals surface area contributed by atoms with Gasteiger partial charge in [-0.3, -0.25) is 4.79 Å². The zero-order chi connectivity index (χ0) is 21.9. The van der Waals surface area contributed by atoms with Gasteiger partial charge in [0.25, 0.3) is 0 Å². The second-order valence-corrected chi connectivity index (χ2v) is 8.86. The molecule has 158 valence electrons. The number of allylic oxidation sites excluding steroid dienone is 2. The maximum absolute atomic E-state index is 13.3. The summed E-state index contributed by atoms with van der Waals surface area (Å²) in [7, 11) is 1.56. The number of hydrogen-bond donors (Lipinski definition) is 1. The van der Waals surface area contributed by atoms with E-state index in [2.05, 4.69) is 0 Å². The van der Waals surface area contributed by atoms with E-state index in [0.717, 1.165) is 0 Å². The van der Waals surface area contributed by atoms with Crippen molar-refractivity contribution in [3.63, 3.8) is 0 Å². The van der Waals surface area contributed by atoms with Gasteiger partial charge in [0.1, 0.15) is 28.6 Å². The maximum Gasteiger partial charge on any atom is 0.344 e. The van der Waals surface area contributed by atoms with E-state index in [4.69, 9.17) is 13.9 Å². The molecule has 1 aromatic heterocycles. The average Bonchev–Trinajstić information content (AvgIpc) is 2.71. The third-order valence-corrected chi connectivity index (χ3v) is 6.04. The van der Waals surface area contributed by atoms with Gasteiger partial charge in [0.2, 0.25) is 0 Å². The second kappa shape index (κ2) is 6.74. The molecule has 31 heavy (non-hydrogen) atoms. The number of para-hydroxylation sites is 1. The summed E-state index contributed by atoms with van der Waals surface area (Å²) in [5, 5.41) is 11.5. The van der Waals surface area contributed by atoms with Gasteiger partial charge in [0.05, 0.1) is 24.0 Å². The topological polar surface area (TPSA) is 86.0 Å². The van der Waals surface area contributed by atoms with Gasteiger partial charge in [-0.1, -0.05) is 32.0 Å². The van der Waals surface area contributed by atoms with Crippen LogP contribution in [0.15, 0.2) is 63.0 Å². The van der Waals surface area contributed by atoms with Crippen LogP contribution in [0.5, 0.6) is 17.2 Å². The van der Waals surface area contributed by atoms with Crippen LogP contribution >= 0.6 is 0 Å². The highest BCUT2D eigenvalue weighted by Gasteiger charge is 2.44. The highest BCUT2D eigenvalue weighted by molar-refractivity contribution is 6.00. The molecule has 1 N–H and O–H groups in total. The molecule has 0 saturated carbocycles. The molecule has 3 aromatic rings. The van der Waals surface area contributed by atoms with Crippen molar-refractivity contribution in [2.45, 2.75) is 32.6 Å². The van der Waals surface area contributed by atoms with Crippen molar-refractivity contribution >= 4 is 16.8 Å². The Morgan fingerprint density at radius 1 is 1.10 bits per heavy atom. The van der Waals surface area contributed by atoms with Crippen molar-refractivity contribution in [3.8, 4) is 17.2 Å². The first-order valence-electron chi connectivity index (χ1n) is 10.2. The average molecular weight is 418 g/mol. The number of methoxy groups -OCH3 is 1. The van der Waals surface area contributed by atoms with Gasteiger partial charge < -0.3 is 19.0 Å². The summed E-state index contributed by atoms with van der Waals surface area (Å²) in [6.45, 7) is 4.02. The Balaban J connectivity index is 1.83. The number of fused-ring (bicyclic) bond motifs is 2. The summed E-state index contributed by atoms with van der Waals surface area (Å²) in [6, 6.07) is 12.1. The largest absolute Gasteiger partial charge is 0.507 e. The van der Waals surface area contributed by atoms with E-state index < -0.39 is 11.5 Å². The first kappa shape index (κ1) is 19.4. The molecule has 0 spiro atoms. The fourth-order valence-corrected chi connectivity index (χ4v) is 4.65. The van der Waals surface area contributed by atoms with Crippen LogP contribution in [0.2, 0.25) is 0 Å². The standard InChI is InChI=1S/C25H22O6/c1-25(2)11-16(26)21-19(12-25)30-18-10-13(29-3)8-9-14(18)20(21)22-23(27)15-6-4-5-7-17(15)31-24(22)28/h4-10,20,27H,11-12H2,1-3H3. The number of carbonyl (C=O) groups excluding carboxylic acids is 1. The van der Waals surface area contributed by atoms with Crippen LogP contribution in [0.3, 0.4) is 0 Å². The highest BCUT2D eigenvalue weighted by Crippen LogP contribution is 2.51. The smallest absolute Gasteiger partial charge is 0.344 e. The lowest BCUT2D eigenvalue weighted by atomic mass is 9.70. The minimum absolute atomic E-state index is 0.0500. The SMILES string of the molecule is COc1ccc2c(c1)OC1=C(C(=O)CC(C)(C)C1)C2c1c(O)c2ccccc2oc1=O. The van der Waals surface area contributed by atoms with E-state index in [9.17, 15) is 14.7 Å². The molecule has 0 amide bonds. The van der Waals surface area contributed by atoms with Crippen LogP contribution in [0.1, 0.15) is 43.7 Å². The van der Waals surface area contributed by atoms with Gasteiger partial charge in [-0.05, 0) is 23.6 Å². The summed E-state index contributed by atoms with van der Waals surface area (Å²) in [6.07, 6.45) is 0.873. The first-order valence-corrected chi connectivity index (χ1v) is 10.2. The molecule has 0 saturated heterocycles. The normalized spacial score (nSPS) is 19.6. The lowest BCUT2D eigenvalue weighted by molar-refractivity contribution is -0.118. The molecule has 0 radical (unpaired) electrons.